The van der Waals surface area contributed by atoms with Crippen LogP contribution in [0.3, 0.4) is 0 Å². The van der Waals surface area contributed by atoms with Gasteiger partial charge >= 0.3 is 5.69 Å². The Morgan fingerprint density at radius 2 is 2.13 bits per heavy atom. The van der Waals surface area contributed by atoms with Crippen LogP contribution in [-0.4, -0.2) is 16.2 Å². The molecule has 2 rings (SSSR count). The van der Waals surface area contributed by atoms with Crippen LogP contribution in [0, 0.1) is 0 Å². The van der Waals surface area contributed by atoms with E-state index in [2.05, 4.69) is 4.98 Å². The molecular weight excluding hydrogens is 196 g/mol. The van der Waals surface area contributed by atoms with Gasteiger partial charge in [-0.3, -0.25) is 9.36 Å². The molecule has 0 aliphatic carbocycles. The topological polar surface area (TPSA) is 64.1 Å². The van der Waals surface area contributed by atoms with Gasteiger partial charge in [0.05, 0.1) is 18.8 Å². The zero-order valence-corrected chi connectivity index (χ0v) is 8.87. The summed E-state index contributed by atoms with van der Waals surface area (Å²) in [7, 11) is 0. The molecule has 0 aromatic carbocycles. The fraction of sp³-hybridized carbons (Fsp3) is 0.600. The van der Waals surface area contributed by atoms with Crippen LogP contribution < -0.4 is 11.2 Å². The molecule has 1 aromatic rings. The first-order valence-corrected chi connectivity index (χ1v) is 5.05. The molecule has 0 saturated heterocycles. The van der Waals surface area contributed by atoms with E-state index in [4.69, 9.17) is 4.74 Å². The Hall–Kier alpha value is -1.36. The molecule has 1 N–H and O–H groups in total. The zero-order valence-electron chi connectivity index (χ0n) is 8.87. The highest BCUT2D eigenvalue weighted by molar-refractivity contribution is 5.18. The van der Waals surface area contributed by atoms with E-state index in [1.165, 1.54) is 4.57 Å². The standard InChI is InChI=1S/C10H14N2O3/c1-6(2)12-9(13)7-5-15-4-3-8(7)11-10(12)14/h6H,3-5H2,1-2H3,(H,11,14). The summed E-state index contributed by atoms with van der Waals surface area (Å²) >= 11 is 0. The van der Waals surface area contributed by atoms with Gasteiger partial charge in [0.2, 0.25) is 0 Å². The van der Waals surface area contributed by atoms with Crippen molar-refractivity contribution in [1.29, 1.82) is 0 Å². The van der Waals surface area contributed by atoms with Gasteiger partial charge in [0.15, 0.2) is 0 Å². The van der Waals surface area contributed by atoms with Crippen LogP contribution in [0.25, 0.3) is 0 Å². The van der Waals surface area contributed by atoms with Gasteiger partial charge in [-0.25, -0.2) is 4.79 Å². The van der Waals surface area contributed by atoms with Gasteiger partial charge in [-0.1, -0.05) is 0 Å². The number of aromatic amines is 1. The molecule has 82 valence electrons. The molecule has 0 atom stereocenters. The minimum Gasteiger partial charge on any atom is -0.376 e. The normalized spacial score (nSPS) is 15.4. The molecular formula is C10H14N2O3. The second-order valence-corrected chi connectivity index (χ2v) is 3.96. The third kappa shape index (κ3) is 1.63. The third-order valence-electron chi connectivity index (χ3n) is 2.58. The van der Waals surface area contributed by atoms with Crippen LogP contribution >= 0.6 is 0 Å². The third-order valence-corrected chi connectivity index (χ3v) is 2.58. The molecule has 2 heterocycles. The van der Waals surface area contributed by atoms with E-state index in [9.17, 15) is 9.59 Å². The number of ether oxygens (including phenoxy) is 1. The van der Waals surface area contributed by atoms with Crippen molar-refractivity contribution in [3.63, 3.8) is 0 Å². The maximum atomic E-state index is 11.9. The maximum absolute atomic E-state index is 11.9. The van der Waals surface area contributed by atoms with E-state index in [1.54, 1.807) is 0 Å². The molecule has 1 aliphatic rings. The molecule has 0 spiro atoms. The lowest BCUT2D eigenvalue weighted by Gasteiger charge is -2.18. The van der Waals surface area contributed by atoms with Gasteiger partial charge in [0.25, 0.3) is 5.56 Å². The number of H-pyrrole nitrogens is 1. The number of nitrogens with one attached hydrogen (secondary N) is 1. The fourth-order valence-electron chi connectivity index (χ4n) is 1.81. The minimum atomic E-state index is -0.323. The van der Waals surface area contributed by atoms with Gasteiger partial charge in [0.1, 0.15) is 0 Å². The summed E-state index contributed by atoms with van der Waals surface area (Å²) in [5.41, 5.74) is 0.779. The lowest BCUT2D eigenvalue weighted by Crippen LogP contribution is -2.41. The molecule has 0 amide bonds. The smallest absolute Gasteiger partial charge is 0.328 e. The van der Waals surface area contributed by atoms with E-state index in [-0.39, 0.29) is 17.3 Å². The molecule has 0 unspecified atom stereocenters. The highest BCUT2D eigenvalue weighted by Gasteiger charge is 2.18. The van der Waals surface area contributed by atoms with Gasteiger partial charge in [0, 0.05) is 18.2 Å². The molecule has 5 heteroatoms. The fourth-order valence-corrected chi connectivity index (χ4v) is 1.81. The number of hydrogen-bond donors (Lipinski definition) is 1. The summed E-state index contributed by atoms with van der Waals surface area (Å²) in [6.45, 7) is 4.49. The number of rotatable bonds is 1. The van der Waals surface area contributed by atoms with Gasteiger partial charge in [-0.2, -0.15) is 0 Å². The predicted molar refractivity (Wildman–Crippen MR) is 55.1 cm³/mol. The first-order chi connectivity index (χ1) is 7.11. The Bertz CT molecular complexity index is 484. The largest absolute Gasteiger partial charge is 0.376 e. The number of hydrogen-bond acceptors (Lipinski definition) is 3. The van der Waals surface area contributed by atoms with Gasteiger partial charge < -0.3 is 9.72 Å². The molecule has 0 radical (unpaired) electrons. The maximum Gasteiger partial charge on any atom is 0.328 e. The Morgan fingerprint density at radius 1 is 1.40 bits per heavy atom. The van der Waals surface area contributed by atoms with Crippen LogP contribution in [0.5, 0.6) is 0 Å². The highest BCUT2D eigenvalue weighted by Crippen LogP contribution is 2.09. The van der Waals surface area contributed by atoms with Crippen LogP contribution in [0.2, 0.25) is 0 Å². The van der Waals surface area contributed by atoms with E-state index in [1.807, 2.05) is 13.8 Å². The van der Waals surface area contributed by atoms with Crippen molar-refractivity contribution in [2.45, 2.75) is 32.9 Å². The molecule has 0 saturated carbocycles. The van der Waals surface area contributed by atoms with Crippen molar-refractivity contribution in [1.82, 2.24) is 9.55 Å². The molecule has 5 nitrogen and oxygen atoms in total. The summed E-state index contributed by atoms with van der Waals surface area (Å²) in [5.74, 6) is 0. The lowest BCUT2D eigenvalue weighted by atomic mass is 10.1. The molecule has 15 heavy (non-hydrogen) atoms. The average Bonchev–Trinajstić information content (AvgIpc) is 2.17. The number of fused-ring (bicyclic) bond motifs is 1. The quantitative estimate of drug-likeness (QED) is 0.719. The summed E-state index contributed by atoms with van der Waals surface area (Å²) in [5, 5.41) is 0. The van der Waals surface area contributed by atoms with Gasteiger partial charge in [-0.15, -0.1) is 0 Å². The van der Waals surface area contributed by atoms with E-state index < -0.39 is 0 Å². The van der Waals surface area contributed by atoms with Crippen LogP contribution in [0.15, 0.2) is 9.59 Å². The lowest BCUT2D eigenvalue weighted by molar-refractivity contribution is 0.107. The first-order valence-electron chi connectivity index (χ1n) is 5.05. The predicted octanol–water partition coefficient (Wildman–Crippen LogP) is 0.190. The Labute approximate surface area is 86.7 Å². The number of aromatic nitrogens is 2. The molecule has 1 aromatic heterocycles. The second-order valence-electron chi connectivity index (χ2n) is 3.96. The Morgan fingerprint density at radius 3 is 2.80 bits per heavy atom. The zero-order chi connectivity index (χ0) is 11.0. The molecule has 1 aliphatic heterocycles. The van der Waals surface area contributed by atoms with Crippen LogP contribution in [0.4, 0.5) is 0 Å². The van der Waals surface area contributed by atoms with E-state index in [0.717, 1.165) is 5.69 Å². The minimum absolute atomic E-state index is 0.131. The van der Waals surface area contributed by atoms with Crippen molar-refractivity contribution in [3.05, 3.63) is 32.1 Å². The SMILES string of the molecule is CC(C)n1c(=O)[nH]c2c(c1=O)COCC2. The van der Waals surface area contributed by atoms with E-state index in [0.29, 0.717) is 25.2 Å². The van der Waals surface area contributed by atoms with Crippen molar-refractivity contribution >= 4 is 0 Å². The van der Waals surface area contributed by atoms with Crippen molar-refractivity contribution in [2.24, 2.45) is 0 Å². The monoisotopic (exact) mass is 210 g/mol. The summed E-state index contributed by atoms with van der Waals surface area (Å²) in [4.78, 5) is 26.3. The molecule has 0 fully saturated rings. The van der Waals surface area contributed by atoms with Crippen molar-refractivity contribution in [3.8, 4) is 0 Å². The second kappa shape index (κ2) is 3.66. The van der Waals surface area contributed by atoms with Crippen LogP contribution in [0.1, 0.15) is 31.1 Å². The highest BCUT2D eigenvalue weighted by atomic mass is 16.5. The summed E-state index contributed by atoms with van der Waals surface area (Å²) < 4.78 is 6.45. The van der Waals surface area contributed by atoms with E-state index >= 15 is 0 Å². The van der Waals surface area contributed by atoms with Gasteiger partial charge in [-0.05, 0) is 13.8 Å². The van der Waals surface area contributed by atoms with Crippen molar-refractivity contribution < 1.29 is 4.74 Å². The van der Waals surface area contributed by atoms with Crippen LogP contribution in [-0.2, 0) is 17.8 Å². The molecule has 0 bridgehead atoms. The summed E-state index contributed by atoms with van der Waals surface area (Å²) in [6, 6.07) is -0.131. The number of nitrogens with zero attached hydrogens (tertiary/aromatic N) is 1. The Balaban J connectivity index is 2.70. The first kappa shape index (κ1) is 10.2. The average molecular weight is 210 g/mol. The summed E-state index contributed by atoms with van der Waals surface area (Å²) in [6.07, 6.45) is 0.610. The van der Waals surface area contributed by atoms with Crippen molar-refractivity contribution in [2.75, 3.05) is 6.61 Å². The Kier molecular flexibility index (Phi) is 2.48.